The lowest BCUT2D eigenvalue weighted by Crippen LogP contribution is -2.35. The molecule has 0 spiro atoms. The van der Waals surface area contributed by atoms with Crippen LogP contribution in [0.5, 0.6) is 17.5 Å². The van der Waals surface area contributed by atoms with Crippen LogP contribution in [0.3, 0.4) is 0 Å². The second-order valence-corrected chi connectivity index (χ2v) is 9.47. The molecule has 0 N–H and O–H groups in total. The van der Waals surface area contributed by atoms with Crippen molar-refractivity contribution in [2.24, 2.45) is 5.92 Å². The molecule has 1 aromatic heterocycles. The highest BCUT2D eigenvalue weighted by atomic mass is 19.4. The molecule has 3 aromatic rings. The summed E-state index contributed by atoms with van der Waals surface area (Å²) >= 11 is 0. The SMILES string of the molecule is O=[N+]([O-])c1cn2c(n1)O[C@@H](COc1ccc(N3CCC(COCc4ccc(OC(F)(F)F)cc4)CC3)cc1)C2. The van der Waals surface area contributed by atoms with Crippen molar-refractivity contribution < 1.29 is 37.0 Å². The zero-order valence-corrected chi connectivity index (χ0v) is 20.9. The molecule has 208 valence electrons. The van der Waals surface area contributed by atoms with E-state index >= 15 is 0 Å². The van der Waals surface area contributed by atoms with Crippen LogP contribution in [-0.4, -0.2) is 53.2 Å². The van der Waals surface area contributed by atoms with Gasteiger partial charge >= 0.3 is 18.2 Å². The monoisotopic (exact) mass is 548 g/mol. The molecule has 0 aliphatic carbocycles. The molecule has 2 aliphatic rings. The fourth-order valence-electron chi connectivity index (χ4n) is 4.62. The molecule has 2 aromatic carbocycles. The van der Waals surface area contributed by atoms with E-state index in [0.29, 0.717) is 38.0 Å². The predicted molar refractivity (Wildman–Crippen MR) is 133 cm³/mol. The Labute approximate surface area is 222 Å². The van der Waals surface area contributed by atoms with Crippen LogP contribution >= 0.6 is 0 Å². The minimum absolute atomic E-state index is 0.230. The topological polar surface area (TPSA) is 101 Å². The number of anilines is 1. The number of piperidine rings is 1. The Balaban J connectivity index is 0.996. The van der Waals surface area contributed by atoms with Gasteiger partial charge in [0.05, 0.1) is 13.2 Å². The number of hydrogen-bond donors (Lipinski definition) is 0. The van der Waals surface area contributed by atoms with Gasteiger partial charge in [-0.3, -0.25) is 4.57 Å². The molecule has 0 bridgehead atoms. The lowest BCUT2D eigenvalue weighted by atomic mass is 9.97. The molecular weight excluding hydrogens is 521 g/mol. The number of hydrogen-bond acceptors (Lipinski definition) is 8. The Bertz CT molecular complexity index is 1230. The Morgan fingerprint density at radius 2 is 1.72 bits per heavy atom. The Morgan fingerprint density at radius 1 is 1.03 bits per heavy atom. The van der Waals surface area contributed by atoms with Gasteiger partial charge in [-0.05, 0) is 65.6 Å². The zero-order chi connectivity index (χ0) is 27.4. The number of halogens is 3. The van der Waals surface area contributed by atoms with Gasteiger partial charge in [-0.25, -0.2) is 0 Å². The molecule has 1 atom stereocenters. The fraction of sp³-hybridized carbons (Fsp3) is 0.423. The second kappa shape index (κ2) is 11.4. The van der Waals surface area contributed by atoms with E-state index in [1.165, 1.54) is 18.3 Å². The van der Waals surface area contributed by atoms with Crippen molar-refractivity contribution in [3.05, 3.63) is 70.4 Å². The molecule has 10 nitrogen and oxygen atoms in total. The number of benzene rings is 2. The van der Waals surface area contributed by atoms with Gasteiger partial charge < -0.3 is 34.0 Å². The second-order valence-electron chi connectivity index (χ2n) is 9.47. The van der Waals surface area contributed by atoms with Gasteiger partial charge in [0.2, 0.25) is 0 Å². The number of ether oxygens (including phenoxy) is 4. The third kappa shape index (κ3) is 7.11. The summed E-state index contributed by atoms with van der Waals surface area (Å²) in [6.45, 7) is 3.46. The number of imidazole rings is 1. The minimum atomic E-state index is -4.70. The molecule has 1 saturated heterocycles. The van der Waals surface area contributed by atoms with E-state index in [4.69, 9.17) is 14.2 Å². The van der Waals surface area contributed by atoms with Gasteiger partial charge in [0, 0.05) is 30.4 Å². The van der Waals surface area contributed by atoms with E-state index in [-0.39, 0.29) is 23.7 Å². The number of rotatable bonds is 10. The Hall–Kier alpha value is -4.00. The summed E-state index contributed by atoms with van der Waals surface area (Å²) in [5.41, 5.74) is 1.89. The standard InChI is InChI=1S/C26H27F3N4O6/c27-26(28,29)39-22-5-1-18(2-6-22)15-36-16-19-9-11-31(12-10-19)20-3-7-21(8-4-20)37-17-23-13-32-14-24(33(34)35)30-25(32)38-23/h1-8,14,19,23H,9-13,15-17H2/t23-/m1/s1. The number of alkyl halides is 3. The van der Waals surface area contributed by atoms with Crippen LogP contribution in [0.15, 0.2) is 54.7 Å². The lowest BCUT2D eigenvalue weighted by Gasteiger charge is -2.33. The third-order valence-corrected chi connectivity index (χ3v) is 6.62. The molecule has 3 heterocycles. The van der Waals surface area contributed by atoms with Crippen LogP contribution in [-0.2, 0) is 17.9 Å². The summed E-state index contributed by atoms with van der Waals surface area (Å²) in [6, 6.07) is 13.8. The van der Waals surface area contributed by atoms with Gasteiger partial charge in [0.1, 0.15) is 24.3 Å². The molecule has 0 unspecified atom stereocenters. The maximum atomic E-state index is 12.3. The third-order valence-electron chi connectivity index (χ3n) is 6.62. The lowest BCUT2D eigenvalue weighted by molar-refractivity contribution is -0.389. The van der Waals surface area contributed by atoms with E-state index < -0.39 is 11.3 Å². The average Bonchev–Trinajstić information content (AvgIpc) is 3.48. The molecule has 0 radical (unpaired) electrons. The van der Waals surface area contributed by atoms with Crippen molar-refractivity contribution in [1.82, 2.24) is 9.55 Å². The van der Waals surface area contributed by atoms with Crippen LogP contribution in [0.4, 0.5) is 24.7 Å². The molecule has 39 heavy (non-hydrogen) atoms. The Morgan fingerprint density at radius 3 is 2.36 bits per heavy atom. The summed E-state index contributed by atoms with van der Waals surface area (Å²) in [5.74, 6) is 0.645. The molecular formula is C26H27F3N4O6. The smallest absolute Gasteiger partial charge is 0.490 e. The normalized spacial score (nSPS) is 17.5. The van der Waals surface area contributed by atoms with E-state index in [1.54, 1.807) is 16.7 Å². The van der Waals surface area contributed by atoms with Crippen molar-refractivity contribution in [2.75, 3.05) is 31.2 Å². The first-order valence-electron chi connectivity index (χ1n) is 12.5. The van der Waals surface area contributed by atoms with Crippen molar-refractivity contribution in [3.63, 3.8) is 0 Å². The molecule has 0 amide bonds. The highest BCUT2D eigenvalue weighted by molar-refractivity contribution is 5.49. The maximum Gasteiger partial charge on any atom is 0.573 e. The van der Waals surface area contributed by atoms with Crippen LogP contribution in [0, 0.1) is 16.0 Å². The molecule has 1 fully saturated rings. The van der Waals surface area contributed by atoms with E-state index in [0.717, 1.165) is 37.2 Å². The largest absolute Gasteiger partial charge is 0.573 e. The average molecular weight is 549 g/mol. The molecule has 13 heteroatoms. The molecule has 2 aliphatic heterocycles. The minimum Gasteiger partial charge on any atom is -0.490 e. The Kier molecular flexibility index (Phi) is 7.77. The van der Waals surface area contributed by atoms with Crippen molar-refractivity contribution in [3.8, 4) is 17.5 Å². The van der Waals surface area contributed by atoms with E-state index in [1.807, 2.05) is 24.3 Å². The highest BCUT2D eigenvalue weighted by Gasteiger charge is 2.32. The summed E-state index contributed by atoms with van der Waals surface area (Å²) in [7, 11) is 0. The quantitative estimate of drug-likeness (QED) is 0.259. The molecule has 0 saturated carbocycles. The summed E-state index contributed by atoms with van der Waals surface area (Å²) < 4.78 is 59.6. The van der Waals surface area contributed by atoms with Gasteiger partial charge in [-0.1, -0.05) is 12.1 Å². The predicted octanol–water partition coefficient (Wildman–Crippen LogP) is 4.96. The summed E-state index contributed by atoms with van der Waals surface area (Å²) in [5, 5.41) is 10.8. The molecule has 5 rings (SSSR count). The van der Waals surface area contributed by atoms with Gasteiger partial charge in [-0.2, -0.15) is 0 Å². The van der Waals surface area contributed by atoms with Crippen LogP contribution < -0.4 is 19.1 Å². The van der Waals surface area contributed by atoms with Gasteiger partial charge in [-0.15, -0.1) is 13.2 Å². The first-order chi connectivity index (χ1) is 18.7. The van der Waals surface area contributed by atoms with Crippen LogP contribution in [0.25, 0.3) is 0 Å². The van der Waals surface area contributed by atoms with E-state index in [2.05, 4.69) is 14.6 Å². The van der Waals surface area contributed by atoms with E-state index in [9.17, 15) is 23.3 Å². The van der Waals surface area contributed by atoms with Crippen LogP contribution in [0.1, 0.15) is 18.4 Å². The van der Waals surface area contributed by atoms with Crippen molar-refractivity contribution >= 4 is 11.5 Å². The first-order valence-corrected chi connectivity index (χ1v) is 12.5. The van der Waals surface area contributed by atoms with Gasteiger partial charge in [0.15, 0.2) is 6.10 Å². The van der Waals surface area contributed by atoms with Gasteiger partial charge in [0.25, 0.3) is 0 Å². The maximum absolute atomic E-state index is 12.3. The van der Waals surface area contributed by atoms with Crippen LogP contribution in [0.2, 0.25) is 0 Å². The van der Waals surface area contributed by atoms with Crippen molar-refractivity contribution in [2.45, 2.75) is 38.5 Å². The number of nitro groups is 1. The fourth-order valence-corrected chi connectivity index (χ4v) is 4.62. The number of nitrogens with zero attached hydrogens (tertiary/aromatic N) is 4. The summed E-state index contributed by atoms with van der Waals surface area (Å²) in [6.07, 6.45) is -1.66. The highest BCUT2D eigenvalue weighted by Crippen LogP contribution is 2.28. The first kappa shape index (κ1) is 26.6. The zero-order valence-electron chi connectivity index (χ0n) is 20.9. The number of aromatic nitrogens is 2. The van der Waals surface area contributed by atoms with Crippen molar-refractivity contribution in [1.29, 1.82) is 0 Å². The summed E-state index contributed by atoms with van der Waals surface area (Å²) in [4.78, 5) is 16.4. The number of fused-ring (bicyclic) bond motifs is 1.